The summed E-state index contributed by atoms with van der Waals surface area (Å²) in [6, 6.07) is 0. The van der Waals surface area contributed by atoms with Gasteiger partial charge in [0.1, 0.15) is 0 Å². The standard InChI is InChI=1S/C11H21N3/c1-4-14-11(7-9(2)3)10(5-6-12)8-13-14/h8-9H,4-7,12H2,1-3H3. The molecule has 0 radical (unpaired) electrons. The molecule has 0 spiro atoms. The fourth-order valence-corrected chi connectivity index (χ4v) is 1.71. The van der Waals surface area contributed by atoms with Gasteiger partial charge in [-0.25, -0.2) is 0 Å². The lowest BCUT2D eigenvalue weighted by Crippen LogP contribution is -2.10. The summed E-state index contributed by atoms with van der Waals surface area (Å²) in [5.41, 5.74) is 8.26. The van der Waals surface area contributed by atoms with Crippen LogP contribution in [0.25, 0.3) is 0 Å². The van der Waals surface area contributed by atoms with Gasteiger partial charge < -0.3 is 5.73 Å². The Labute approximate surface area is 86.3 Å². The smallest absolute Gasteiger partial charge is 0.0525 e. The second kappa shape index (κ2) is 5.15. The van der Waals surface area contributed by atoms with Crippen molar-refractivity contribution in [2.45, 2.75) is 40.2 Å². The van der Waals surface area contributed by atoms with Gasteiger partial charge >= 0.3 is 0 Å². The van der Waals surface area contributed by atoms with Gasteiger partial charge in [0.05, 0.1) is 6.20 Å². The Morgan fingerprint density at radius 1 is 1.50 bits per heavy atom. The summed E-state index contributed by atoms with van der Waals surface area (Å²) in [5.74, 6) is 0.675. The van der Waals surface area contributed by atoms with Crippen molar-refractivity contribution in [3.63, 3.8) is 0 Å². The quantitative estimate of drug-likeness (QED) is 0.775. The summed E-state index contributed by atoms with van der Waals surface area (Å²) in [5, 5.41) is 4.37. The highest BCUT2D eigenvalue weighted by Gasteiger charge is 2.10. The number of aromatic nitrogens is 2. The van der Waals surface area contributed by atoms with Gasteiger partial charge in [-0.3, -0.25) is 4.68 Å². The largest absolute Gasteiger partial charge is 0.330 e. The fourth-order valence-electron chi connectivity index (χ4n) is 1.71. The number of aryl methyl sites for hydroxylation is 1. The summed E-state index contributed by atoms with van der Waals surface area (Å²) in [6.45, 7) is 8.26. The third-order valence-corrected chi connectivity index (χ3v) is 2.35. The molecule has 1 aromatic heterocycles. The van der Waals surface area contributed by atoms with Crippen molar-refractivity contribution < 1.29 is 0 Å². The van der Waals surface area contributed by atoms with Crippen LogP contribution in [0.1, 0.15) is 32.0 Å². The van der Waals surface area contributed by atoms with E-state index >= 15 is 0 Å². The molecule has 3 heteroatoms. The molecule has 0 fully saturated rings. The molecular weight excluding hydrogens is 174 g/mol. The lowest BCUT2D eigenvalue weighted by atomic mass is 10.0. The molecular formula is C11H21N3. The molecule has 1 heterocycles. The molecule has 0 bridgehead atoms. The monoisotopic (exact) mass is 195 g/mol. The van der Waals surface area contributed by atoms with Crippen molar-refractivity contribution in [2.24, 2.45) is 11.7 Å². The van der Waals surface area contributed by atoms with Crippen LogP contribution in [0.3, 0.4) is 0 Å². The minimum absolute atomic E-state index is 0.675. The first-order valence-electron chi connectivity index (χ1n) is 5.42. The minimum Gasteiger partial charge on any atom is -0.330 e. The first-order valence-corrected chi connectivity index (χ1v) is 5.42. The van der Waals surface area contributed by atoms with E-state index in [1.807, 2.05) is 6.20 Å². The van der Waals surface area contributed by atoms with E-state index < -0.39 is 0 Å². The number of nitrogens with zero attached hydrogens (tertiary/aromatic N) is 2. The molecule has 0 aliphatic heterocycles. The van der Waals surface area contributed by atoms with Gasteiger partial charge in [-0.1, -0.05) is 13.8 Å². The van der Waals surface area contributed by atoms with E-state index in [4.69, 9.17) is 5.73 Å². The molecule has 0 amide bonds. The van der Waals surface area contributed by atoms with E-state index in [1.165, 1.54) is 11.3 Å². The molecule has 14 heavy (non-hydrogen) atoms. The first-order chi connectivity index (χ1) is 6.69. The van der Waals surface area contributed by atoms with Crippen LogP contribution in [-0.2, 0) is 19.4 Å². The normalized spacial score (nSPS) is 11.2. The van der Waals surface area contributed by atoms with Gasteiger partial charge in [-0.15, -0.1) is 0 Å². The third kappa shape index (κ3) is 2.58. The summed E-state index contributed by atoms with van der Waals surface area (Å²) in [7, 11) is 0. The third-order valence-electron chi connectivity index (χ3n) is 2.35. The Balaban J connectivity index is 2.87. The van der Waals surface area contributed by atoms with Crippen LogP contribution in [0.5, 0.6) is 0 Å². The molecule has 0 aliphatic carbocycles. The molecule has 1 aromatic rings. The van der Waals surface area contributed by atoms with Crippen LogP contribution in [0.15, 0.2) is 6.20 Å². The number of hydrogen-bond acceptors (Lipinski definition) is 2. The van der Waals surface area contributed by atoms with E-state index in [0.717, 1.165) is 19.4 Å². The van der Waals surface area contributed by atoms with E-state index in [0.29, 0.717) is 12.5 Å². The molecule has 0 atom stereocenters. The zero-order chi connectivity index (χ0) is 10.6. The maximum absolute atomic E-state index is 5.57. The Kier molecular flexibility index (Phi) is 4.14. The predicted octanol–water partition coefficient (Wildman–Crippen LogP) is 1.60. The van der Waals surface area contributed by atoms with Crippen molar-refractivity contribution in [1.82, 2.24) is 9.78 Å². The average Bonchev–Trinajstić information content (AvgIpc) is 2.48. The van der Waals surface area contributed by atoms with Gasteiger partial charge in [-0.05, 0) is 37.8 Å². The van der Waals surface area contributed by atoms with Gasteiger partial charge in [0.2, 0.25) is 0 Å². The molecule has 0 saturated heterocycles. The summed E-state index contributed by atoms with van der Waals surface area (Å²) in [6.07, 6.45) is 4.01. The highest BCUT2D eigenvalue weighted by Crippen LogP contribution is 2.14. The zero-order valence-electron chi connectivity index (χ0n) is 9.45. The molecule has 1 rings (SSSR count). The maximum Gasteiger partial charge on any atom is 0.0525 e. The second-order valence-corrected chi connectivity index (χ2v) is 4.07. The maximum atomic E-state index is 5.57. The predicted molar refractivity (Wildman–Crippen MR) is 59.2 cm³/mol. The van der Waals surface area contributed by atoms with Crippen molar-refractivity contribution in [2.75, 3.05) is 6.54 Å². The Bertz CT molecular complexity index is 276. The van der Waals surface area contributed by atoms with Crippen LogP contribution >= 0.6 is 0 Å². The molecule has 80 valence electrons. The van der Waals surface area contributed by atoms with E-state index in [9.17, 15) is 0 Å². The number of hydrogen-bond donors (Lipinski definition) is 1. The Hall–Kier alpha value is -0.830. The SMILES string of the molecule is CCn1ncc(CCN)c1CC(C)C. The van der Waals surface area contributed by atoms with Gasteiger partial charge in [0.25, 0.3) is 0 Å². The first kappa shape index (κ1) is 11.2. The van der Waals surface area contributed by atoms with Crippen molar-refractivity contribution in [3.05, 3.63) is 17.5 Å². The lowest BCUT2D eigenvalue weighted by Gasteiger charge is -2.09. The topological polar surface area (TPSA) is 43.8 Å². The lowest BCUT2D eigenvalue weighted by molar-refractivity contribution is 0.559. The number of nitrogens with two attached hydrogens (primary N) is 1. The Morgan fingerprint density at radius 3 is 2.71 bits per heavy atom. The summed E-state index contributed by atoms with van der Waals surface area (Å²) in [4.78, 5) is 0. The van der Waals surface area contributed by atoms with Crippen molar-refractivity contribution in [3.8, 4) is 0 Å². The van der Waals surface area contributed by atoms with Crippen LogP contribution in [0.2, 0.25) is 0 Å². The summed E-state index contributed by atoms with van der Waals surface area (Å²) >= 11 is 0. The second-order valence-electron chi connectivity index (χ2n) is 4.07. The van der Waals surface area contributed by atoms with Gasteiger partial charge in [0, 0.05) is 12.2 Å². The van der Waals surface area contributed by atoms with Crippen LogP contribution in [0, 0.1) is 5.92 Å². The fraction of sp³-hybridized carbons (Fsp3) is 0.727. The van der Waals surface area contributed by atoms with Crippen LogP contribution in [0.4, 0.5) is 0 Å². The van der Waals surface area contributed by atoms with Gasteiger partial charge in [-0.2, -0.15) is 5.10 Å². The highest BCUT2D eigenvalue weighted by atomic mass is 15.3. The minimum atomic E-state index is 0.675. The molecule has 3 nitrogen and oxygen atoms in total. The molecule has 0 unspecified atom stereocenters. The number of rotatable bonds is 5. The van der Waals surface area contributed by atoms with Gasteiger partial charge in [0.15, 0.2) is 0 Å². The van der Waals surface area contributed by atoms with Crippen LogP contribution in [-0.4, -0.2) is 16.3 Å². The average molecular weight is 195 g/mol. The molecule has 0 aromatic carbocycles. The highest BCUT2D eigenvalue weighted by molar-refractivity contribution is 5.18. The van der Waals surface area contributed by atoms with Crippen LogP contribution < -0.4 is 5.73 Å². The summed E-state index contributed by atoms with van der Waals surface area (Å²) < 4.78 is 2.09. The Morgan fingerprint density at radius 2 is 2.21 bits per heavy atom. The molecule has 0 saturated carbocycles. The zero-order valence-corrected chi connectivity index (χ0v) is 9.45. The molecule has 2 N–H and O–H groups in total. The van der Waals surface area contributed by atoms with E-state index in [2.05, 4.69) is 30.6 Å². The van der Waals surface area contributed by atoms with E-state index in [1.54, 1.807) is 0 Å². The van der Waals surface area contributed by atoms with Crippen molar-refractivity contribution >= 4 is 0 Å². The van der Waals surface area contributed by atoms with E-state index in [-0.39, 0.29) is 0 Å². The van der Waals surface area contributed by atoms with Crippen molar-refractivity contribution in [1.29, 1.82) is 0 Å². The molecule has 0 aliphatic rings.